The topological polar surface area (TPSA) is 12.9 Å². The number of hydrogen-bond acceptors (Lipinski definition) is 1. The first kappa shape index (κ1) is 15.8. The summed E-state index contributed by atoms with van der Waals surface area (Å²) in [6.07, 6.45) is 2.54. The molecule has 106 valence electrons. The first-order valence-corrected chi connectivity index (χ1v) is 8.25. The van der Waals surface area contributed by atoms with Crippen molar-refractivity contribution in [1.82, 2.24) is 4.98 Å². The number of nitrogens with zero attached hydrogens (tertiary/aromatic N) is 1. The van der Waals surface area contributed by atoms with Crippen molar-refractivity contribution in [3.05, 3.63) is 63.9 Å². The van der Waals surface area contributed by atoms with Gasteiger partial charge in [-0.2, -0.15) is 0 Å². The second-order valence-electron chi connectivity index (χ2n) is 5.06. The maximum atomic E-state index is 6.27. The van der Waals surface area contributed by atoms with Crippen molar-refractivity contribution in [3.8, 4) is 0 Å². The fraction of sp³-hybridized carbons (Fsp3) is 0.312. The number of aromatic nitrogens is 1. The van der Waals surface area contributed by atoms with Gasteiger partial charge < -0.3 is 0 Å². The van der Waals surface area contributed by atoms with Crippen LogP contribution < -0.4 is 0 Å². The van der Waals surface area contributed by atoms with Crippen molar-refractivity contribution in [2.24, 2.45) is 0 Å². The number of halogens is 3. The summed E-state index contributed by atoms with van der Waals surface area (Å²) >= 11 is 15.9. The van der Waals surface area contributed by atoms with Gasteiger partial charge in [0, 0.05) is 40.0 Å². The van der Waals surface area contributed by atoms with Gasteiger partial charge in [0.25, 0.3) is 0 Å². The highest BCUT2D eigenvalue weighted by Gasteiger charge is 2.31. The Morgan fingerprint density at radius 1 is 1.15 bits per heavy atom. The summed E-state index contributed by atoms with van der Waals surface area (Å²) in [4.78, 5) is 4.44. The minimum Gasteiger partial charge on any atom is -0.260 e. The van der Waals surface area contributed by atoms with Gasteiger partial charge in [0.2, 0.25) is 0 Å². The number of pyridine rings is 1. The van der Waals surface area contributed by atoms with Crippen LogP contribution in [0.4, 0.5) is 0 Å². The summed E-state index contributed by atoms with van der Waals surface area (Å²) in [5.41, 5.74) is 3.10. The Kier molecular flexibility index (Phi) is 5.48. The van der Waals surface area contributed by atoms with E-state index in [0.29, 0.717) is 11.8 Å². The van der Waals surface area contributed by atoms with E-state index in [1.165, 1.54) is 11.1 Å². The number of rotatable bonds is 5. The molecule has 1 heterocycles. The minimum atomic E-state index is -0.282. The van der Waals surface area contributed by atoms with E-state index in [9.17, 15) is 0 Å². The van der Waals surface area contributed by atoms with E-state index in [1.54, 1.807) is 6.20 Å². The molecule has 0 aliphatic heterocycles. The monoisotopic (exact) mass is 371 g/mol. The summed E-state index contributed by atoms with van der Waals surface area (Å²) in [6.45, 7) is 2.08. The van der Waals surface area contributed by atoms with Crippen molar-refractivity contribution >= 4 is 39.1 Å². The third-order valence-electron chi connectivity index (χ3n) is 3.45. The smallest absolute Gasteiger partial charge is 0.0414 e. The highest BCUT2D eigenvalue weighted by atomic mass is 79.9. The fourth-order valence-corrected chi connectivity index (χ4v) is 3.24. The van der Waals surface area contributed by atoms with E-state index < -0.39 is 0 Å². The Hall–Kier alpha value is -0.570. The van der Waals surface area contributed by atoms with Gasteiger partial charge in [0.15, 0.2) is 0 Å². The Bertz CT molecular complexity index is 565. The van der Waals surface area contributed by atoms with Crippen LogP contribution in [0.25, 0.3) is 0 Å². The predicted octanol–water partition coefficient (Wildman–Crippen LogP) is 5.11. The van der Waals surface area contributed by atoms with Gasteiger partial charge in [-0.15, -0.1) is 23.2 Å². The quantitative estimate of drug-likeness (QED) is 0.664. The summed E-state index contributed by atoms with van der Waals surface area (Å²) in [5.74, 6) is 0.940. The highest BCUT2D eigenvalue weighted by Crippen LogP contribution is 2.32. The second-order valence-corrected chi connectivity index (χ2v) is 6.51. The maximum absolute atomic E-state index is 6.27. The summed E-state index contributed by atoms with van der Waals surface area (Å²) in [7, 11) is 0. The molecule has 2 rings (SSSR count). The van der Waals surface area contributed by atoms with Crippen molar-refractivity contribution < 1.29 is 0 Å². The molecule has 2 aromatic rings. The summed E-state index contributed by atoms with van der Waals surface area (Å²) in [6, 6.07) is 12.4. The molecule has 1 aromatic heterocycles. The van der Waals surface area contributed by atoms with Gasteiger partial charge in [-0.3, -0.25) is 4.98 Å². The Balaban J connectivity index is 2.36. The fourth-order valence-electron chi connectivity index (χ4n) is 2.22. The van der Waals surface area contributed by atoms with Crippen molar-refractivity contribution in [1.29, 1.82) is 0 Å². The normalized spacial score (nSPS) is 11.6. The van der Waals surface area contributed by atoms with Crippen LogP contribution in [0, 0.1) is 6.92 Å². The SMILES string of the molecule is Cc1cccc(C(CCl)(CCl)Cc2ccc(Br)cn2)c1. The maximum Gasteiger partial charge on any atom is 0.0414 e. The Morgan fingerprint density at radius 2 is 1.90 bits per heavy atom. The van der Waals surface area contributed by atoms with E-state index in [4.69, 9.17) is 23.2 Å². The van der Waals surface area contributed by atoms with Crippen LogP contribution in [-0.2, 0) is 11.8 Å². The Morgan fingerprint density at radius 3 is 2.45 bits per heavy atom. The molecule has 0 aliphatic carbocycles. The lowest BCUT2D eigenvalue weighted by molar-refractivity contribution is 0.528. The molecule has 0 saturated carbocycles. The lowest BCUT2D eigenvalue weighted by atomic mass is 9.79. The first-order valence-electron chi connectivity index (χ1n) is 6.39. The molecule has 0 bridgehead atoms. The van der Waals surface area contributed by atoms with Gasteiger partial charge in [0.05, 0.1) is 0 Å². The lowest BCUT2D eigenvalue weighted by Crippen LogP contribution is -2.33. The van der Waals surface area contributed by atoms with E-state index in [2.05, 4.69) is 46.0 Å². The van der Waals surface area contributed by atoms with E-state index >= 15 is 0 Å². The zero-order valence-corrected chi connectivity index (χ0v) is 14.3. The van der Waals surface area contributed by atoms with Crippen LogP contribution >= 0.6 is 39.1 Å². The van der Waals surface area contributed by atoms with Crippen molar-refractivity contribution in [2.75, 3.05) is 11.8 Å². The number of aryl methyl sites for hydroxylation is 1. The van der Waals surface area contributed by atoms with Gasteiger partial charge in [-0.05, 0) is 40.5 Å². The van der Waals surface area contributed by atoms with Crippen LogP contribution in [0.1, 0.15) is 16.8 Å². The van der Waals surface area contributed by atoms with Gasteiger partial charge in [-0.1, -0.05) is 29.8 Å². The number of alkyl halides is 2. The molecular formula is C16H16BrCl2N. The molecule has 0 amide bonds. The molecule has 4 heteroatoms. The molecular weight excluding hydrogens is 357 g/mol. The van der Waals surface area contributed by atoms with Crippen LogP contribution in [0.3, 0.4) is 0 Å². The van der Waals surface area contributed by atoms with E-state index in [1.807, 2.05) is 18.2 Å². The minimum absolute atomic E-state index is 0.282. The van der Waals surface area contributed by atoms with Gasteiger partial charge in [0.1, 0.15) is 0 Å². The summed E-state index contributed by atoms with van der Waals surface area (Å²) < 4.78 is 0.971. The van der Waals surface area contributed by atoms with Gasteiger partial charge >= 0.3 is 0 Å². The van der Waals surface area contributed by atoms with Crippen molar-refractivity contribution in [3.63, 3.8) is 0 Å². The molecule has 0 spiro atoms. The molecule has 0 saturated heterocycles. The lowest BCUT2D eigenvalue weighted by Gasteiger charge is -2.30. The second kappa shape index (κ2) is 6.93. The standard InChI is InChI=1S/C16H16BrCl2N/c1-12-3-2-4-13(7-12)16(10-18,11-19)8-15-6-5-14(17)9-20-15/h2-7,9H,8,10-11H2,1H3. The largest absolute Gasteiger partial charge is 0.260 e. The average Bonchev–Trinajstić information content (AvgIpc) is 2.47. The molecule has 0 fully saturated rings. The highest BCUT2D eigenvalue weighted by molar-refractivity contribution is 9.10. The summed E-state index contributed by atoms with van der Waals surface area (Å²) in [5, 5.41) is 0. The number of benzene rings is 1. The molecule has 1 aromatic carbocycles. The third kappa shape index (κ3) is 3.55. The first-order chi connectivity index (χ1) is 9.59. The molecule has 0 aliphatic rings. The number of hydrogen-bond donors (Lipinski definition) is 0. The molecule has 0 atom stereocenters. The molecule has 0 radical (unpaired) electrons. The molecule has 1 nitrogen and oxygen atoms in total. The zero-order chi connectivity index (χ0) is 14.6. The van der Waals surface area contributed by atoms with Crippen molar-refractivity contribution in [2.45, 2.75) is 18.8 Å². The molecule has 0 N–H and O–H groups in total. The average molecular weight is 373 g/mol. The third-order valence-corrected chi connectivity index (χ3v) is 4.94. The van der Waals surface area contributed by atoms with Gasteiger partial charge in [-0.25, -0.2) is 0 Å². The van der Waals surface area contributed by atoms with E-state index in [0.717, 1.165) is 16.6 Å². The molecule has 0 unspecified atom stereocenters. The van der Waals surface area contributed by atoms with Crippen LogP contribution in [0.5, 0.6) is 0 Å². The zero-order valence-electron chi connectivity index (χ0n) is 11.2. The van der Waals surface area contributed by atoms with Crippen LogP contribution in [0.15, 0.2) is 47.1 Å². The van der Waals surface area contributed by atoms with Crippen LogP contribution in [-0.4, -0.2) is 16.7 Å². The Labute approximate surface area is 138 Å². The predicted molar refractivity (Wildman–Crippen MR) is 89.9 cm³/mol. The molecule has 20 heavy (non-hydrogen) atoms. The van der Waals surface area contributed by atoms with Crippen LogP contribution in [0.2, 0.25) is 0 Å². The van der Waals surface area contributed by atoms with E-state index in [-0.39, 0.29) is 5.41 Å².